The van der Waals surface area contributed by atoms with Gasteiger partial charge in [-0.25, -0.2) is 4.98 Å². The average molecular weight is 477 g/mol. The SMILES string of the molecule is CC(Sc1nnnn1-c1ccccc1)C(=O)Nc1nc(-c2ccc(Cl)cc2Cl)cs1. The van der Waals surface area contributed by atoms with Gasteiger partial charge in [-0.05, 0) is 47.7 Å². The molecule has 4 aromatic rings. The predicted octanol–water partition coefficient (Wildman–Crippen LogP) is 5.21. The molecule has 2 aromatic carbocycles. The van der Waals surface area contributed by atoms with E-state index in [1.165, 1.54) is 23.1 Å². The minimum Gasteiger partial charge on any atom is -0.301 e. The molecule has 0 spiro atoms. The van der Waals surface area contributed by atoms with Crippen LogP contribution in [0.3, 0.4) is 0 Å². The Balaban J connectivity index is 1.44. The Kier molecular flexibility index (Phi) is 6.33. The summed E-state index contributed by atoms with van der Waals surface area (Å²) in [6.07, 6.45) is 0. The number of thioether (sulfide) groups is 1. The summed E-state index contributed by atoms with van der Waals surface area (Å²) in [5, 5.41) is 18.0. The number of para-hydroxylation sites is 1. The summed E-state index contributed by atoms with van der Waals surface area (Å²) in [5.74, 6) is -0.203. The number of carbonyl (C=O) groups excluding carboxylic acids is 1. The second kappa shape index (κ2) is 9.13. The van der Waals surface area contributed by atoms with Gasteiger partial charge in [0, 0.05) is 16.0 Å². The fraction of sp³-hybridized carbons (Fsp3) is 0.105. The molecule has 2 aromatic heterocycles. The molecule has 0 saturated carbocycles. The summed E-state index contributed by atoms with van der Waals surface area (Å²) in [6, 6.07) is 14.7. The Morgan fingerprint density at radius 3 is 2.77 bits per heavy atom. The molecule has 2 heterocycles. The lowest BCUT2D eigenvalue weighted by Gasteiger charge is -2.10. The van der Waals surface area contributed by atoms with Crippen LogP contribution < -0.4 is 5.32 Å². The first-order valence-corrected chi connectivity index (χ1v) is 11.2. The summed E-state index contributed by atoms with van der Waals surface area (Å²) in [5.41, 5.74) is 2.24. The summed E-state index contributed by atoms with van der Waals surface area (Å²) >= 11 is 14.8. The van der Waals surface area contributed by atoms with Gasteiger partial charge in [-0.2, -0.15) is 4.68 Å². The lowest BCUT2D eigenvalue weighted by atomic mass is 10.2. The molecule has 7 nitrogen and oxygen atoms in total. The molecule has 0 fully saturated rings. The molecule has 0 saturated heterocycles. The van der Waals surface area contributed by atoms with E-state index in [1.54, 1.807) is 29.8 Å². The van der Waals surface area contributed by atoms with Crippen LogP contribution in [0.15, 0.2) is 59.1 Å². The highest BCUT2D eigenvalue weighted by molar-refractivity contribution is 8.00. The minimum atomic E-state index is -0.440. The van der Waals surface area contributed by atoms with Crippen molar-refractivity contribution < 1.29 is 4.79 Å². The van der Waals surface area contributed by atoms with Crippen LogP contribution in [0.2, 0.25) is 10.0 Å². The smallest absolute Gasteiger partial charge is 0.239 e. The molecule has 4 rings (SSSR count). The van der Waals surface area contributed by atoms with Crippen LogP contribution in [0.5, 0.6) is 0 Å². The van der Waals surface area contributed by atoms with Gasteiger partial charge in [-0.15, -0.1) is 16.4 Å². The lowest BCUT2D eigenvalue weighted by molar-refractivity contribution is -0.115. The third-order valence-electron chi connectivity index (χ3n) is 4.03. The second-order valence-corrected chi connectivity index (χ2v) is 9.13. The Morgan fingerprint density at radius 1 is 1.20 bits per heavy atom. The molecule has 11 heteroatoms. The number of thiazole rings is 1. The fourth-order valence-electron chi connectivity index (χ4n) is 2.55. The van der Waals surface area contributed by atoms with Gasteiger partial charge in [0.15, 0.2) is 5.13 Å². The van der Waals surface area contributed by atoms with Crippen LogP contribution in [0, 0.1) is 0 Å². The van der Waals surface area contributed by atoms with Crippen molar-refractivity contribution in [2.45, 2.75) is 17.3 Å². The van der Waals surface area contributed by atoms with E-state index in [0.29, 0.717) is 26.0 Å². The largest absolute Gasteiger partial charge is 0.301 e. The highest BCUT2D eigenvalue weighted by atomic mass is 35.5. The first-order valence-electron chi connectivity index (χ1n) is 8.73. The number of nitrogens with zero attached hydrogens (tertiary/aromatic N) is 5. The minimum absolute atomic E-state index is 0.203. The number of carbonyl (C=O) groups is 1. The highest BCUT2D eigenvalue weighted by Crippen LogP contribution is 2.32. The number of tetrazole rings is 1. The molecule has 1 atom stereocenters. The molecular formula is C19H14Cl2N6OS2. The number of halogens is 2. The van der Waals surface area contributed by atoms with Crippen molar-refractivity contribution in [1.82, 2.24) is 25.2 Å². The number of hydrogen-bond donors (Lipinski definition) is 1. The van der Waals surface area contributed by atoms with Crippen LogP contribution in [-0.2, 0) is 4.79 Å². The molecule has 0 aliphatic rings. The van der Waals surface area contributed by atoms with Crippen molar-refractivity contribution in [1.29, 1.82) is 0 Å². The van der Waals surface area contributed by atoms with Crippen LogP contribution >= 0.6 is 46.3 Å². The Hall–Kier alpha value is -2.46. The summed E-state index contributed by atoms with van der Waals surface area (Å²) in [7, 11) is 0. The number of rotatable bonds is 6. The zero-order valence-corrected chi connectivity index (χ0v) is 18.6. The maximum absolute atomic E-state index is 12.7. The van der Waals surface area contributed by atoms with Gasteiger partial charge in [0.2, 0.25) is 11.1 Å². The van der Waals surface area contributed by atoms with Crippen molar-refractivity contribution >= 4 is 57.3 Å². The lowest BCUT2D eigenvalue weighted by Crippen LogP contribution is -2.22. The van der Waals surface area contributed by atoms with Crippen LogP contribution in [0.4, 0.5) is 5.13 Å². The number of benzene rings is 2. The van der Waals surface area contributed by atoms with Gasteiger partial charge in [0.05, 0.1) is 21.7 Å². The Morgan fingerprint density at radius 2 is 2.00 bits per heavy atom. The zero-order valence-electron chi connectivity index (χ0n) is 15.5. The molecule has 1 unspecified atom stereocenters. The van der Waals surface area contributed by atoms with E-state index >= 15 is 0 Å². The van der Waals surface area contributed by atoms with Gasteiger partial charge < -0.3 is 5.32 Å². The van der Waals surface area contributed by atoms with Crippen molar-refractivity contribution in [3.05, 3.63) is 64.0 Å². The van der Waals surface area contributed by atoms with Crippen molar-refractivity contribution in [2.75, 3.05) is 5.32 Å². The molecule has 0 radical (unpaired) electrons. The molecular weight excluding hydrogens is 463 g/mol. The maximum Gasteiger partial charge on any atom is 0.239 e. The van der Waals surface area contributed by atoms with Crippen LogP contribution in [0.1, 0.15) is 6.92 Å². The number of anilines is 1. The van der Waals surface area contributed by atoms with E-state index in [1.807, 2.05) is 35.7 Å². The molecule has 0 aliphatic heterocycles. The number of nitrogens with one attached hydrogen (secondary N) is 1. The van der Waals surface area contributed by atoms with Crippen LogP contribution in [0.25, 0.3) is 16.9 Å². The number of hydrogen-bond acceptors (Lipinski definition) is 7. The monoisotopic (exact) mass is 476 g/mol. The summed E-state index contributed by atoms with van der Waals surface area (Å²) in [6.45, 7) is 1.79. The number of aromatic nitrogens is 5. The quantitative estimate of drug-likeness (QED) is 0.384. The maximum atomic E-state index is 12.7. The second-order valence-electron chi connectivity index (χ2n) is 6.12. The average Bonchev–Trinajstić information content (AvgIpc) is 3.38. The summed E-state index contributed by atoms with van der Waals surface area (Å²) in [4.78, 5) is 17.1. The van der Waals surface area contributed by atoms with Crippen molar-refractivity contribution in [2.24, 2.45) is 0 Å². The van der Waals surface area contributed by atoms with E-state index in [9.17, 15) is 4.79 Å². The van der Waals surface area contributed by atoms with Gasteiger partial charge in [0.25, 0.3) is 0 Å². The zero-order chi connectivity index (χ0) is 21.1. The van der Waals surface area contributed by atoms with Gasteiger partial charge >= 0.3 is 0 Å². The van der Waals surface area contributed by atoms with E-state index in [2.05, 4.69) is 25.8 Å². The molecule has 0 aliphatic carbocycles. The summed E-state index contributed by atoms with van der Waals surface area (Å²) < 4.78 is 1.60. The molecule has 152 valence electrons. The van der Waals surface area contributed by atoms with E-state index in [4.69, 9.17) is 23.2 Å². The third-order valence-corrected chi connectivity index (χ3v) is 6.37. The molecule has 1 N–H and O–H groups in total. The van der Waals surface area contributed by atoms with E-state index in [0.717, 1.165) is 11.3 Å². The van der Waals surface area contributed by atoms with Crippen molar-refractivity contribution in [3.63, 3.8) is 0 Å². The fourth-order valence-corrected chi connectivity index (χ4v) is 4.58. The first-order chi connectivity index (χ1) is 14.5. The number of amides is 1. The topological polar surface area (TPSA) is 85.6 Å². The van der Waals surface area contributed by atoms with Crippen molar-refractivity contribution in [3.8, 4) is 16.9 Å². The molecule has 30 heavy (non-hydrogen) atoms. The molecule has 0 bridgehead atoms. The first kappa shape index (κ1) is 20.8. The standard InChI is InChI=1S/C19H14Cl2N6OS2/c1-11(30-19-24-25-26-27(19)13-5-3-2-4-6-13)17(28)23-18-22-16(10-29-18)14-8-7-12(20)9-15(14)21/h2-11H,1H3,(H,22,23,28). The third kappa shape index (κ3) is 4.65. The van der Waals surface area contributed by atoms with E-state index in [-0.39, 0.29) is 5.91 Å². The van der Waals surface area contributed by atoms with Gasteiger partial charge in [-0.1, -0.05) is 53.2 Å². The molecule has 1 amide bonds. The Bertz CT molecular complexity index is 1180. The Labute approximate surface area is 190 Å². The van der Waals surface area contributed by atoms with Gasteiger partial charge in [-0.3, -0.25) is 4.79 Å². The highest BCUT2D eigenvalue weighted by Gasteiger charge is 2.20. The van der Waals surface area contributed by atoms with E-state index < -0.39 is 5.25 Å². The predicted molar refractivity (Wildman–Crippen MR) is 121 cm³/mol. The normalized spacial score (nSPS) is 12.0. The van der Waals surface area contributed by atoms with Crippen LogP contribution in [-0.4, -0.2) is 36.3 Å². The van der Waals surface area contributed by atoms with Gasteiger partial charge in [0.1, 0.15) is 0 Å².